The maximum Gasteiger partial charge on any atom is 0.131 e. The first-order valence-electron chi connectivity index (χ1n) is 8.21. The van der Waals surface area contributed by atoms with Crippen molar-refractivity contribution in [1.29, 1.82) is 0 Å². The predicted octanol–water partition coefficient (Wildman–Crippen LogP) is 2.30. The van der Waals surface area contributed by atoms with Crippen LogP contribution in [0.5, 0.6) is 0 Å². The molecule has 1 fully saturated rings. The molecule has 0 unspecified atom stereocenters. The van der Waals surface area contributed by atoms with Gasteiger partial charge in [0.05, 0.1) is 23.0 Å². The molecule has 3 rings (SSSR count). The maximum atomic E-state index is 6.14. The zero-order valence-corrected chi connectivity index (χ0v) is 14.8. The maximum absolute atomic E-state index is 6.14. The summed E-state index contributed by atoms with van der Waals surface area (Å²) in [5, 5.41) is 7.93. The third kappa shape index (κ3) is 4.08. The molecule has 0 saturated carbocycles. The van der Waals surface area contributed by atoms with Crippen LogP contribution in [0, 0.1) is 17.8 Å². The van der Waals surface area contributed by atoms with Gasteiger partial charge in [-0.15, -0.1) is 0 Å². The van der Waals surface area contributed by atoms with E-state index in [0.29, 0.717) is 11.1 Å². The van der Waals surface area contributed by atoms with Gasteiger partial charge in [-0.1, -0.05) is 23.4 Å². The Kier molecular flexibility index (Phi) is 5.39. The number of aromatic nitrogens is 3. The van der Waals surface area contributed by atoms with Crippen molar-refractivity contribution in [2.45, 2.75) is 12.8 Å². The normalized spacial score (nSPS) is 17.5. The number of pyridine rings is 1. The van der Waals surface area contributed by atoms with E-state index in [4.69, 9.17) is 11.6 Å². The topological polar surface area (TPSA) is 46.0 Å². The Balaban J connectivity index is 1.87. The summed E-state index contributed by atoms with van der Waals surface area (Å²) in [7, 11) is 3.89. The van der Waals surface area contributed by atoms with Gasteiger partial charge in [0.1, 0.15) is 5.15 Å². The van der Waals surface area contributed by atoms with Crippen LogP contribution in [0.25, 0.3) is 0 Å². The Bertz CT molecular complexity index is 756. The number of piperidine rings is 1. The molecule has 0 radical (unpaired) electrons. The van der Waals surface area contributed by atoms with Crippen LogP contribution in [-0.2, 0) is 7.05 Å². The van der Waals surface area contributed by atoms with Crippen LogP contribution in [0.2, 0.25) is 5.15 Å². The predicted molar refractivity (Wildman–Crippen MR) is 97.3 cm³/mol. The molecule has 0 spiro atoms. The van der Waals surface area contributed by atoms with E-state index in [-0.39, 0.29) is 0 Å². The molecule has 0 bridgehead atoms. The zero-order chi connectivity index (χ0) is 16.9. The molecule has 1 aliphatic rings. The molecule has 1 atom stereocenters. The van der Waals surface area contributed by atoms with Crippen molar-refractivity contribution < 1.29 is 0 Å². The molecular weight excluding hydrogens is 322 g/mol. The van der Waals surface area contributed by atoms with Crippen molar-refractivity contribution in [1.82, 2.24) is 20.1 Å². The monoisotopic (exact) mass is 343 g/mol. The molecule has 3 heterocycles. The van der Waals surface area contributed by atoms with Crippen LogP contribution in [-0.4, -0.2) is 41.4 Å². The van der Waals surface area contributed by atoms with Crippen molar-refractivity contribution in [3.63, 3.8) is 0 Å². The van der Waals surface area contributed by atoms with E-state index in [1.165, 1.54) is 12.8 Å². The van der Waals surface area contributed by atoms with Gasteiger partial charge in [-0.2, -0.15) is 5.10 Å². The van der Waals surface area contributed by atoms with Gasteiger partial charge in [0.15, 0.2) is 0 Å². The number of nitrogens with zero attached hydrogens (tertiary/aromatic N) is 4. The number of hydrogen-bond acceptors (Lipinski definition) is 4. The highest BCUT2D eigenvalue weighted by atomic mass is 35.5. The molecule has 0 aliphatic carbocycles. The first kappa shape index (κ1) is 16.8. The fourth-order valence-electron chi connectivity index (χ4n) is 3.14. The molecule has 1 N–H and O–H groups in total. The summed E-state index contributed by atoms with van der Waals surface area (Å²) in [5.41, 5.74) is 2.88. The fraction of sp³-hybridized carbons (Fsp3) is 0.444. The summed E-state index contributed by atoms with van der Waals surface area (Å²) in [6, 6.07) is 1.93. The molecule has 1 saturated heterocycles. The van der Waals surface area contributed by atoms with Crippen molar-refractivity contribution in [3.05, 3.63) is 40.9 Å². The molecule has 0 aromatic carbocycles. The van der Waals surface area contributed by atoms with Crippen LogP contribution in [0.4, 0.5) is 5.69 Å². The Hall–Kier alpha value is -2.03. The van der Waals surface area contributed by atoms with Gasteiger partial charge in [-0.05, 0) is 32.4 Å². The van der Waals surface area contributed by atoms with E-state index < -0.39 is 0 Å². The highest BCUT2D eigenvalue weighted by Crippen LogP contribution is 2.27. The zero-order valence-electron chi connectivity index (χ0n) is 14.1. The molecule has 1 aliphatic heterocycles. The van der Waals surface area contributed by atoms with Crippen molar-refractivity contribution in [2.75, 3.05) is 31.6 Å². The van der Waals surface area contributed by atoms with Crippen molar-refractivity contribution in [3.8, 4) is 11.8 Å². The minimum Gasteiger partial charge on any atom is -0.370 e. The van der Waals surface area contributed by atoms with Crippen molar-refractivity contribution >= 4 is 17.3 Å². The van der Waals surface area contributed by atoms with Gasteiger partial charge in [0.25, 0.3) is 0 Å². The average molecular weight is 344 g/mol. The van der Waals surface area contributed by atoms with E-state index in [1.54, 1.807) is 17.1 Å². The highest BCUT2D eigenvalue weighted by molar-refractivity contribution is 6.29. The van der Waals surface area contributed by atoms with Crippen LogP contribution < -0.4 is 10.2 Å². The Morgan fingerprint density at radius 3 is 3.00 bits per heavy atom. The molecule has 5 nitrogen and oxygen atoms in total. The molecule has 0 amide bonds. The SMILES string of the molecule is CNC[C@@H]1CCCN(c2cc(Cl)ncc2C#Cc2cnn(C)c2)C1. The average Bonchev–Trinajstić information content (AvgIpc) is 3.00. The minimum absolute atomic E-state index is 0.507. The first-order chi connectivity index (χ1) is 11.7. The highest BCUT2D eigenvalue weighted by Gasteiger charge is 2.21. The van der Waals surface area contributed by atoms with E-state index >= 15 is 0 Å². The second-order valence-electron chi connectivity index (χ2n) is 6.19. The Morgan fingerprint density at radius 2 is 2.25 bits per heavy atom. The number of aryl methyl sites for hydroxylation is 1. The van der Waals surface area contributed by atoms with E-state index in [0.717, 1.165) is 36.4 Å². The summed E-state index contributed by atoms with van der Waals surface area (Å²) in [6.45, 7) is 3.08. The lowest BCUT2D eigenvalue weighted by Gasteiger charge is -2.35. The van der Waals surface area contributed by atoms with E-state index in [1.807, 2.05) is 26.4 Å². The fourth-order valence-corrected chi connectivity index (χ4v) is 3.29. The molecule has 2 aromatic heterocycles. The molecule has 24 heavy (non-hydrogen) atoms. The lowest BCUT2D eigenvalue weighted by atomic mass is 9.97. The molecule has 6 heteroatoms. The summed E-state index contributed by atoms with van der Waals surface area (Å²) >= 11 is 6.14. The van der Waals surface area contributed by atoms with Crippen LogP contribution >= 0.6 is 11.6 Å². The number of halogens is 1. The van der Waals surface area contributed by atoms with Gasteiger partial charge in [0, 0.05) is 38.6 Å². The Labute approximate surface area is 148 Å². The van der Waals surface area contributed by atoms with Gasteiger partial charge in [-0.25, -0.2) is 4.98 Å². The van der Waals surface area contributed by atoms with Crippen LogP contribution in [0.1, 0.15) is 24.0 Å². The Morgan fingerprint density at radius 1 is 1.38 bits per heavy atom. The van der Waals surface area contributed by atoms with E-state index in [2.05, 4.69) is 32.1 Å². The minimum atomic E-state index is 0.507. The molecule has 2 aromatic rings. The van der Waals surface area contributed by atoms with Crippen LogP contribution in [0.15, 0.2) is 24.7 Å². The second kappa shape index (κ2) is 7.69. The summed E-state index contributed by atoms with van der Waals surface area (Å²) in [4.78, 5) is 6.59. The number of rotatable bonds is 3. The summed E-state index contributed by atoms with van der Waals surface area (Å²) < 4.78 is 1.75. The number of hydrogen-bond donors (Lipinski definition) is 1. The first-order valence-corrected chi connectivity index (χ1v) is 8.59. The number of nitrogens with one attached hydrogen (secondary N) is 1. The number of anilines is 1. The largest absolute Gasteiger partial charge is 0.370 e. The lowest BCUT2D eigenvalue weighted by Crippen LogP contribution is -2.39. The summed E-state index contributed by atoms with van der Waals surface area (Å²) in [5.74, 6) is 7.04. The van der Waals surface area contributed by atoms with E-state index in [9.17, 15) is 0 Å². The standard InChI is InChI=1S/C18H22ClN5/c1-20-9-14-4-3-7-24(13-14)17-8-18(19)21-11-16(17)6-5-15-10-22-23(2)12-15/h8,10-12,14,20H,3-4,7,9,13H2,1-2H3/t14-/m0/s1. The second-order valence-corrected chi connectivity index (χ2v) is 6.58. The third-order valence-electron chi connectivity index (χ3n) is 4.25. The van der Waals surface area contributed by atoms with Gasteiger partial charge >= 0.3 is 0 Å². The van der Waals surface area contributed by atoms with Crippen molar-refractivity contribution in [2.24, 2.45) is 13.0 Å². The smallest absolute Gasteiger partial charge is 0.131 e. The summed E-state index contributed by atoms with van der Waals surface area (Å²) in [6.07, 6.45) is 7.87. The molecular formula is C18H22ClN5. The third-order valence-corrected chi connectivity index (χ3v) is 4.45. The van der Waals surface area contributed by atoms with Crippen LogP contribution in [0.3, 0.4) is 0 Å². The van der Waals surface area contributed by atoms with Gasteiger partial charge < -0.3 is 10.2 Å². The molecule has 126 valence electrons. The quantitative estimate of drug-likeness (QED) is 0.686. The van der Waals surface area contributed by atoms with Gasteiger partial charge in [-0.3, -0.25) is 4.68 Å². The van der Waals surface area contributed by atoms with Gasteiger partial charge in [0.2, 0.25) is 0 Å². The lowest BCUT2D eigenvalue weighted by molar-refractivity contribution is 0.402.